The Hall–Kier alpha value is -1.56. The highest BCUT2D eigenvalue weighted by Crippen LogP contribution is 2.34. The molecule has 0 heteroatoms. The molecule has 2 aromatic carbocycles. The van der Waals surface area contributed by atoms with Crippen LogP contribution in [0.15, 0.2) is 29.8 Å². The third-order valence-corrected chi connectivity index (χ3v) is 3.17. The molecule has 79 valence electrons. The van der Waals surface area contributed by atoms with E-state index in [0.717, 1.165) is 0 Å². The third kappa shape index (κ3) is 1.37. The van der Waals surface area contributed by atoms with E-state index in [9.17, 15) is 0 Å². The Morgan fingerprint density at radius 2 is 1.38 bits per heavy atom. The molecule has 0 saturated carbocycles. The Morgan fingerprint density at radius 3 is 2.06 bits per heavy atom. The minimum atomic E-state index is 1.34. The summed E-state index contributed by atoms with van der Waals surface area (Å²) in [5.74, 6) is 0. The van der Waals surface area contributed by atoms with Gasteiger partial charge < -0.3 is 0 Å². The van der Waals surface area contributed by atoms with E-state index >= 15 is 0 Å². The summed E-state index contributed by atoms with van der Waals surface area (Å²) >= 11 is 0. The molecule has 1 radical (unpaired) electrons. The van der Waals surface area contributed by atoms with E-state index in [0.29, 0.717) is 0 Å². The lowest BCUT2D eigenvalue weighted by atomic mass is 9.87. The summed E-state index contributed by atoms with van der Waals surface area (Å²) < 4.78 is 0. The predicted molar refractivity (Wildman–Crippen MR) is 70.5 cm³/mol. The van der Waals surface area contributed by atoms with Crippen molar-refractivity contribution in [2.45, 2.75) is 20.8 Å². The van der Waals surface area contributed by atoms with Crippen LogP contribution in [0.25, 0.3) is 16.8 Å². The number of aryl methyl sites for hydroxylation is 2. The van der Waals surface area contributed by atoms with Crippen molar-refractivity contribution in [3.05, 3.63) is 58.5 Å². The summed E-state index contributed by atoms with van der Waals surface area (Å²) in [4.78, 5) is 0. The van der Waals surface area contributed by atoms with Gasteiger partial charge >= 0.3 is 0 Å². The molecule has 1 aliphatic rings. The smallest absolute Gasteiger partial charge is 0.0162 e. The molecule has 2 aromatic rings. The van der Waals surface area contributed by atoms with Gasteiger partial charge in [0.25, 0.3) is 0 Å². The van der Waals surface area contributed by atoms with E-state index in [1.807, 2.05) is 0 Å². The lowest BCUT2D eigenvalue weighted by Gasteiger charge is -2.17. The van der Waals surface area contributed by atoms with Crippen molar-refractivity contribution in [2.75, 3.05) is 0 Å². The van der Waals surface area contributed by atoms with Crippen LogP contribution in [0, 0.1) is 20.3 Å². The van der Waals surface area contributed by atoms with Crippen molar-refractivity contribution in [3.8, 4) is 0 Å². The van der Waals surface area contributed by atoms with Gasteiger partial charge in [0.2, 0.25) is 0 Å². The highest BCUT2D eigenvalue weighted by molar-refractivity contribution is 5.98. The molecular weight excluding hydrogens is 192 g/mol. The molecule has 16 heavy (non-hydrogen) atoms. The average molecular weight is 207 g/mol. The lowest BCUT2D eigenvalue weighted by Crippen LogP contribution is -1.96. The highest BCUT2D eigenvalue weighted by atomic mass is 14.2. The second-order valence-corrected chi connectivity index (χ2v) is 4.84. The highest BCUT2D eigenvalue weighted by Gasteiger charge is 2.12. The molecule has 0 aromatic heterocycles. The molecule has 0 N–H and O–H groups in total. The first-order valence-corrected chi connectivity index (χ1v) is 5.71. The molecular formula is C16H15. The van der Waals surface area contributed by atoms with Gasteiger partial charge in [0.15, 0.2) is 0 Å². The number of allylic oxidation sites excluding steroid dienone is 1. The van der Waals surface area contributed by atoms with Gasteiger partial charge in [-0.2, -0.15) is 0 Å². The minimum Gasteiger partial charge on any atom is -0.0642 e. The Kier molecular flexibility index (Phi) is 1.94. The van der Waals surface area contributed by atoms with Crippen molar-refractivity contribution >= 4 is 16.8 Å². The molecule has 0 heterocycles. The average Bonchev–Trinajstić information content (AvgIpc) is 2.14. The summed E-state index contributed by atoms with van der Waals surface area (Å²) in [5, 5.41) is 2.77. The zero-order chi connectivity index (χ0) is 11.3. The topological polar surface area (TPSA) is 0 Å². The summed E-state index contributed by atoms with van der Waals surface area (Å²) in [5.41, 5.74) is 6.75. The zero-order valence-electron chi connectivity index (χ0n) is 9.96. The molecule has 0 spiro atoms. The molecule has 3 rings (SSSR count). The van der Waals surface area contributed by atoms with Crippen LogP contribution in [0.2, 0.25) is 0 Å². The lowest BCUT2D eigenvalue weighted by molar-refractivity contribution is 1.35. The fraction of sp³-hybridized carbons (Fsp3) is 0.188. The van der Waals surface area contributed by atoms with E-state index in [-0.39, 0.29) is 0 Å². The van der Waals surface area contributed by atoms with Gasteiger partial charge in [0.05, 0.1) is 0 Å². The molecule has 0 unspecified atom stereocenters. The van der Waals surface area contributed by atoms with Crippen molar-refractivity contribution in [2.24, 2.45) is 0 Å². The Morgan fingerprint density at radius 1 is 0.750 bits per heavy atom. The van der Waals surface area contributed by atoms with E-state index in [1.165, 1.54) is 38.6 Å². The summed E-state index contributed by atoms with van der Waals surface area (Å²) in [6.45, 7) is 6.50. The van der Waals surface area contributed by atoms with Crippen LogP contribution in [0.1, 0.15) is 29.2 Å². The molecule has 1 aliphatic carbocycles. The van der Waals surface area contributed by atoms with Crippen LogP contribution in [0.4, 0.5) is 0 Å². The Bertz CT molecular complexity index is 610. The number of hydrogen-bond donors (Lipinski definition) is 0. The molecule has 0 fully saturated rings. The van der Waals surface area contributed by atoms with Gasteiger partial charge in [-0.15, -0.1) is 0 Å². The monoisotopic (exact) mass is 207 g/mol. The van der Waals surface area contributed by atoms with Gasteiger partial charge in [0, 0.05) is 6.42 Å². The molecule has 0 saturated heterocycles. The van der Waals surface area contributed by atoms with Crippen LogP contribution < -0.4 is 0 Å². The van der Waals surface area contributed by atoms with Crippen molar-refractivity contribution in [1.82, 2.24) is 0 Å². The number of rotatable bonds is 0. The molecule has 0 nitrogen and oxygen atoms in total. The quantitative estimate of drug-likeness (QED) is 0.599. The van der Waals surface area contributed by atoms with Crippen LogP contribution in [0.5, 0.6) is 0 Å². The summed E-state index contributed by atoms with van der Waals surface area (Å²) in [7, 11) is 0. The first-order chi connectivity index (χ1) is 7.63. The van der Waals surface area contributed by atoms with Crippen LogP contribution in [-0.2, 0) is 0 Å². The van der Waals surface area contributed by atoms with Gasteiger partial charge in [-0.25, -0.2) is 0 Å². The number of hydrogen-bond acceptors (Lipinski definition) is 0. The SMILES string of the molecule is CC1=Cc2cc(C)cc3cc(C)cc(c23)[CH]1. The molecule has 0 bridgehead atoms. The van der Waals surface area contributed by atoms with Crippen LogP contribution in [0.3, 0.4) is 0 Å². The van der Waals surface area contributed by atoms with E-state index in [4.69, 9.17) is 0 Å². The predicted octanol–water partition coefficient (Wildman–Crippen LogP) is 4.43. The second-order valence-electron chi connectivity index (χ2n) is 4.84. The van der Waals surface area contributed by atoms with Gasteiger partial charge in [0.1, 0.15) is 0 Å². The van der Waals surface area contributed by atoms with E-state index < -0.39 is 0 Å². The van der Waals surface area contributed by atoms with Gasteiger partial charge in [-0.1, -0.05) is 41.5 Å². The maximum atomic E-state index is 2.28. The van der Waals surface area contributed by atoms with Crippen molar-refractivity contribution in [3.63, 3.8) is 0 Å². The summed E-state index contributed by atoms with van der Waals surface area (Å²) in [6, 6.07) is 9.10. The maximum Gasteiger partial charge on any atom is 0.0162 e. The van der Waals surface area contributed by atoms with Crippen LogP contribution in [-0.4, -0.2) is 0 Å². The fourth-order valence-corrected chi connectivity index (χ4v) is 2.65. The standard InChI is InChI=1S/C16H15/c1-10-4-13-6-11(2)8-15-9-12(3)7-14(5-10)16(13)15/h4-9H,1-3H3. The maximum absolute atomic E-state index is 2.28. The first-order valence-electron chi connectivity index (χ1n) is 5.71. The van der Waals surface area contributed by atoms with Crippen molar-refractivity contribution in [1.29, 1.82) is 0 Å². The zero-order valence-corrected chi connectivity index (χ0v) is 9.96. The molecule has 0 amide bonds. The van der Waals surface area contributed by atoms with Gasteiger partial charge in [-0.3, -0.25) is 0 Å². The van der Waals surface area contributed by atoms with E-state index in [2.05, 4.69) is 57.5 Å². The minimum absolute atomic E-state index is 1.34. The molecule has 0 aliphatic heterocycles. The van der Waals surface area contributed by atoms with Crippen molar-refractivity contribution < 1.29 is 0 Å². The largest absolute Gasteiger partial charge is 0.0642 e. The summed E-state index contributed by atoms with van der Waals surface area (Å²) in [6.07, 6.45) is 4.55. The van der Waals surface area contributed by atoms with E-state index in [1.54, 1.807) is 0 Å². The first kappa shape index (κ1) is 9.65. The third-order valence-electron chi connectivity index (χ3n) is 3.17. The normalized spacial score (nSPS) is 14.1. The second kappa shape index (κ2) is 3.21. The Balaban J connectivity index is 2.49. The fourth-order valence-electron chi connectivity index (χ4n) is 2.65. The van der Waals surface area contributed by atoms with Crippen LogP contribution >= 0.6 is 0 Å². The Labute approximate surface area is 96.6 Å². The van der Waals surface area contributed by atoms with Gasteiger partial charge in [-0.05, 0) is 48.2 Å². The molecule has 0 atom stereocenters. The number of benzene rings is 2.